The number of hydrogen-bond acceptors (Lipinski definition) is 3. The smallest absolute Gasteiger partial charge is 0.0521 e. The van der Waals surface area contributed by atoms with E-state index in [1.165, 1.54) is 31.5 Å². The summed E-state index contributed by atoms with van der Waals surface area (Å²) in [7, 11) is 2.19. The summed E-state index contributed by atoms with van der Waals surface area (Å²) >= 11 is 7.52. The summed E-state index contributed by atoms with van der Waals surface area (Å²) in [6.45, 7) is 2.74. The van der Waals surface area contributed by atoms with E-state index in [4.69, 9.17) is 16.7 Å². The van der Waals surface area contributed by atoms with Gasteiger partial charge < -0.3 is 10.0 Å². The summed E-state index contributed by atoms with van der Waals surface area (Å²) in [5.74, 6) is 1.60. The quantitative estimate of drug-likeness (QED) is 0.924. The summed E-state index contributed by atoms with van der Waals surface area (Å²) < 4.78 is 0. The third kappa shape index (κ3) is 6.66. The van der Waals surface area contributed by atoms with Crippen LogP contribution < -0.4 is 0 Å². The molecule has 1 aromatic rings. The summed E-state index contributed by atoms with van der Waals surface area (Å²) in [6, 6.07) is 8.32. The summed E-state index contributed by atoms with van der Waals surface area (Å²) in [4.78, 5) is 2.40. The van der Waals surface area contributed by atoms with Crippen LogP contribution in [0.3, 0.4) is 0 Å². The average Bonchev–Trinajstić information content (AvgIpc) is 2.42. The molecule has 0 unspecified atom stereocenters. The largest absolute Gasteiger partial charge is 0.396 e. The predicted octanol–water partition coefficient (Wildman–Crippen LogP) is 3.49. The molecule has 1 aromatic carbocycles. The van der Waals surface area contributed by atoms with E-state index in [-0.39, 0.29) is 0 Å². The third-order valence-electron chi connectivity index (χ3n) is 3.36. The lowest BCUT2D eigenvalue weighted by Gasteiger charge is -2.29. The summed E-state index contributed by atoms with van der Waals surface area (Å²) in [5, 5.41) is 8.88. The zero-order chi connectivity index (χ0) is 14.1. The molecule has 0 amide bonds. The molecule has 2 nitrogen and oxygen atoms in total. The van der Waals surface area contributed by atoms with Crippen molar-refractivity contribution in [3.8, 4) is 0 Å². The number of aliphatic hydroxyl groups excluding tert-OH is 1. The fourth-order valence-electron chi connectivity index (χ4n) is 2.17. The number of rotatable bonds is 3. The Balaban J connectivity index is 0.000000312. The normalized spacial score (nSPS) is 16.8. The minimum atomic E-state index is 0.307. The van der Waals surface area contributed by atoms with Crippen LogP contribution in [0.25, 0.3) is 0 Å². The van der Waals surface area contributed by atoms with Crippen molar-refractivity contribution in [1.29, 1.82) is 0 Å². The van der Waals surface area contributed by atoms with Gasteiger partial charge in [0, 0.05) is 10.8 Å². The topological polar surface area (TPSA) is 23.5 Å². The van der Waals surface area contributed by atoms with Gasteiger partial charge in [-0.25, -0.2) is 0 Å². The van der Waals surface area contributed by atoms with Gasteiger partial charge in [0.2, 0.25) is 0 Å². The Hall–Kier alpha value is -0.220. The standard InChI is InChI=1S/C12H16ClN.C3H8OS/c1-14-8-6-11(7-9-14)10-2-4-12(13)5-3-10;1-5-3-2-4/h2-5,11H,6-9H2,1H3;4H,2-3H2,1H3. The lowest BCUT2D eigenvalue weighted by atomic mass is 9.90. The first-order valence-corrected chi connectivity index (χ1v) is 8.48. The number of nitrogens with zero attached hydrogens (tertiary/aromatic N) is 1. The lowest BCUT2D eigenvalue weighted by molar-refractivity contribution is 0.255. The van der Waals surface area contributed by atoms with E-state index in [1.54, 1.807) is 11.8 Å². The maximum Gasteiger partial charge on any atom is 0.0521 e. The van der Waals surface area contributed by atoms with Crippen molar-refractivity contribution in [1.82, 2.24) is 4.90 Å². The van der Waals surface area contributed by atoms with Crippen LogP contribution in [0.5, 0.6) is 0 Å². The second kappa shape index (κ2) is 9.65. The molecule has 0 bridgehead atoms. The molecule has 0 atom stereocenters. The molecule has 0 saturated carbocycles. The molecular formula is C15H24ClNOS. The van der Waals surface area contributed by atoms with Crippen molar-refractivity contribution >= 4 is 23.4 Å². The number of piperidine rings is 1. The lowest BCUT2D eigenvalue weighted by Crippen LogP contribution is -2.29. The molecule has 1 saturated heterocycles. The first-order valence-electron chi connectivity index (χ1n) is 6.71. The van der Waals surface area contributed by atoms with Gasteiger partial charge in [0.1, 0.15) is 0 Å². The molecule has 19 heavy (non-hydrogen) atoms. The first kappa shape index (κ1) is 16.8. The third-order valence-corrected chi connectivity index (χ3v) is 4.20. The molecule has 0 aliphatic carbocycles. The van der Waals surface area contributed by atoms with E-state index >= 15 is 0 Å². The molecule has 108 valence electrons. The van der Waals surface area contributed by atoms with E-state index in [2.05, 4.69) is 24.1 Å². The molecule has 1 N–H and O–H groups in total. The second-order valence-corrected chi connectivity index (χ2v) is 6.27. The van der Waals surface area contributed by atoms with Gasteiger partial charge >= 0.3 is 0 Å². The Morgan fingerprint density at radius 3 is 2.26 bits per heavy atom. The molecule has 1 heterocycles. The molecule has 0 aromatic heterocycles. The Morgan fingerprint density at radius 2 is 1.84 bits per heavy atom. The zero-order valence-corrected chi connectivity index (χ0v) is 13.4. The zero-order valence-electron chi connectivity index (χ0n) is 11.8. The van der Waals surface area contributed by atoms with E-state index in [1.807, 2.05) is 18.4 Å². The van der Waals surface area contributed by atoms with Crippen molar-refractivity contribution < 1.29 is 5.11 Å². The van der Waals surface area contributed by atoms with Crippen molar-refractivity contribution in [2.75, 3.05) is 38.8 Å². The van der Waals surface area contributed by atoms with Crippen molar-refractivity contribution in [2.45, 2.75) is 18.8 Å². The van der Waals surface area contributed by atoms with Crippen LogP contribution >= 0.6 is 23.4 Å². The van der Waals surface area contributed by atoms with E-state index in [0.29, 0.717) is 6.61 Å². The number of hydrogen-bond donors (Lipinski definition) is 1. The average molecular weight is 302 g/mol. The Bertz CT molecular complexity index is 335. The Morgan fingerprint density at radius 1 is 1.26 bits per heavy atom. The Labute approximate surface area is 126 Å². The molecule has 0 radical (unpaired) electrons. The van der Waals surface area contributed by atoms with Gasteiger partial charge in [-0.15, -0.1) is 0 Å². The van der Waals surface area contributed by atoms with Crippen LogP contribution in [0.4, 0.5) is 0 Å². The number of thioether (sulfide) groups is 1. The maximum atomic E-state index is 8.05. The summed E-state index contributed by atoms with van der Waals surface area (Å²) in [6.07, 6.45) is 4.52. The van der Waals surface area contributed by atoms with E-state index < -0.39 is 0 Å². The molecule has 0 spiro atoms. The van der Waals surface area contributed by atoms with Crippen molar-refractivity contribution in [3.05, 3.63) is 34.9 Å². The Kier molecular flexibility index (Phi) is 8.55. The number of halogens is 1. The monoisotopic (exact) mass is 301 g/mol. The van der Waals surface area contributed by atoms with Crippen LogP contribution in [-0.4, -0.2) is 48.8 Å². The number of aliphatic hydroxyl groups is 1. The van der Waals surface area contributed by atoms with Gasteiger partial charge in [0.25, 0.3) is 0 Å². The highest BCUT2D eigenvalue weighted by Gasteiger charge is 2.17. The number of benzene rings is 1. The molecule has 2 rings (SSSR count). The SMILES string of the molecule is CN1CCC(c2ccc(Cl)cc2)CC1.CSCCO. The van der Waals surface area contributed by atoms with Gasteiger partial charge in [-0.2, -0.15) is 11.8 Å². The van der Waals surface area contributed by atoms with E-state index in [9.17, 15) is 0 Å². The van der Waals surface area contributed by atoms with Gasteiger partial charge in [-0.05, 0) is 62.8 Å². The predicted molar refractivity (Wildman–Crippen MR) is 86.4 cm³/mol. The van der Waals surface area contributed by atoms with Gasteiger partial charge in [-0.1, -0.05) is 23.7 Å². The molecular weight excluding hydrogens is 278 g/mol. The minimum absolute atomic E-state index is 0.307. The van der Waals surface area contributed by atoms with Crippen LogP contribution in [0.1, 0.15) is 24.3 Å². The van der Waals surface area contributed by atoms with Crippen LogP contribution in [-0.2, 0) is 0 Å². The molecule has 4 heteroatoms. The molecule has 1 fully saturated rings. The fourth-order valence-corrected chi connectivity index (χ4v) is 2.48. The summed E-state index contributed by atoms with van der Waals surface area (Å²) in [5.41, 5.74) is 1.45. The minimum Gasteiger partial charge on any atom is -0.396 e. The maximum absolute atomic E-state index is 8.05. The van der Waals surface area contributed by atoms with Gasteiger partial charge in [0.05, 0.1) is 6.61 Å². The fraction of sp³-hybridized carbons (Fsp3) is 0.600. The van der Waals surface area contributed by atoms with E-state index in [0.717, 1.165) is 16.7 Å². The molecule has 1 aliphatic heterocycles. The van der Waals surface area contributed by atoms with Crippen molar-refractivity contribution in [3.63, 3.8) is 0 Å². The van der Waals surface area contributed by atoms with Crippen molar-refractivity contribution in [2.24, 2.45) is 0 Å². The highest BCUT2D eigenvalue weighted by Crippen LogP contribution is 2.28. The highest BCUT2D eigenvalue weighted by molar-refractivity contribution is 7.98. The van der Waals surface area contributed by atoms with Crippen LogP contribution in [0, 0.1) is 0 Å². The first-order chi connectivity index (χ1) is 9.17. The van der Waals surface area contributed by atoms with Crippen LogP contribution in [0.2, 0.25) is 5.02 Å². The highest BCUT2D eigenvalue weighted by atomic mass is 35.5. The van der Waals surface area contributed by atoms with Gasteiger partial charge in [0.15, 0.2) is 0 Å². The van der Waals surface area contributed by atoms with Crippen LogP contribution in [0.15, 0.2) is 24.3 Å². The number of likely N-dealkylation sites (tertiary alicyclic amines) is 1. The van der Waals surface area contributed by atoms with Gasteiger partial charge in [-0.3, -0.25) is 0 Å². The molecule has 1 aliphatic rings. The second-order valence-electron chi connectivity index (χ2n) is 4.85.